The van der Waals surface area contributed by atoms with E-state index in [-0.39, 0.29) is 11.9 Å². The van der Waals surface area contributed by atoms with Crippen LogP contribution in [0.25, 0.3) is 11.0 Å². The lowest BCUT2D eigenvalue weighted by Gasteiger charge is -2.38. The lowest BCUT2D eigenvalue weighted by molar-refractivity contribution is 0.0563. The van der Waals surface area contributed by atoms with Gasteiger partial charge in [0.15, 0.2) is 5.82 Å². The molecule has 0 aliphatic carbocycles. The van der Waals surface area contributed by atoms with E-state index in [1.165, 1.54) is 0 Å². The molecule has 3 aromatic rings. The molecule has 3 heterocycles. The van der Waals surface area contributed by atoms with Gasteiger partial charge in [0, 0.05) is 45.9 Å². The monoisotopic (exact) mass is 467 g/mol. The highest BCUT2D eigenvalue weighted by atomic mass is 16.5. The average molecular weight is 468 g/mol. The van der Waals surface area contributed by atoms with Crippen molar-refractivity contribution in [3.63, 3.8) is 0 Å². The number of aromatic nitrogens is 5. The number of para-hydroxylation sites is 2. The Morgan fingerprint density at radius 2 is 2.12 bits per heavy atom. The molecule has 0 bridgehead atoms. The zero-order valence-electron chi connectivity index (χ0n) is 20.6. The summed E-state index contributed by atoms with van der Waals surface area (Å²) in [4.78, 5) is 25.0. The molecule has 1 aliphatic rings. The van der Waals surface area contributed by atoms with Gasteiger partial charge in [-0.1, -0.05) is 26.0 Å². The molecule has 184 valence electrons. The Morgan fingerprint density at radius 3 is 2.88 bits per heavy atom. The van der Waals surface area contributed by atoms with Crippen LogP contribution in [-0.2, 0) is 17.8 Å². The minimum Gasteiger partial charge on any atom is -0.385 e. The second-order valence-electron chi connectivity index (χ2n) is 9.66. The zero-order chi connectivity index (χ0) is 23.9. The summed E-state index contributed by atoms with van der Waals surface area (Å²) in [6.07, 6.45) is 6.14. The molecule has 9 heteroatoms. The van der Waals surface area contributed by atoms with Crippen LogP contribution in [0.1, 0.15) is 43.7 Å². The lowest BCUT2D eigenvalue weighted by atomic mass is 9.94. The second-order valence-corrected chi connectivity index (χ2v) is 9.66. The molecule has 9 nitrogen and oxygen atoms in total. The third-order valence-corrected chi connectivity index (χ3v) is 6.42. The van der Waals surface area contributed by atoms with Crippen LogP contribution in [-0.4, -0.2) is 74.5 Å². The van der Waals surface area contributed by atoms with Crippen LogP contribution in [0.15, 0.2) is 36.9 Å². The summed E-state index contributed by atoms with van der Waals surface area (Å²) in [5, 5.41) is 7.81. The molecule has 0 radical (unpaired) electrons. The van der Waals surface area contributed by atoms with Crippen LogP contribution >= 0.6 is 0 Å². The van der Waals surface area contributed by atoms with Crippen LogP contribution in [0.2, 0.25) is 0 Å². The van der Waals surface area contributed by atoms with Gasteiger partial charge in [-0.25, -0.2) is 9.97 Å². The first kappa shape index (κ1) is 24.3. The van der Waals surface area contributed by atoms with E-state index in [1.807, 2.05) is 22.9 Å². The SMILES string of the molecule is COCCCCn1c(C(=O)N(CC(C)C)C2CNC[C@H](Cn3cncn3)C2)nc2ccccc21. The van der Waals surface area contributed by atoms with Gasteiger partial charge in [0.2, 0.25) is 0 Å². The van der Waals surface area contributed by atoms with Gasteiger partial charge >= 0.3 is 0 Å². The molecule has 2 aromatic heterocycles. The molecule has 1 aromatic carbocycles. The fraction of sp³-hybridized carbons (Fsp3) is 0.600. The fourth-order valence-electron chi connectivity index (χ4n) is 4.87. The quantitative estimate of drug-likeness (QED) is 0.436. The normalized spacial score (nSPS) is 18.6. The van der Waals surface area contributed by atoms with Gasteiger partial charge in [-0.05, 0) is 49.8 Å². The number of rotatable bonds is 11. The summed E-state index contributed by atoms with van der Waals surface area (Å²) in [6.45, 7) is 9.00. The van der Waals surface area contributed by atoms with Crippen molar-refractivity contribution in [3.05, 3.63) is 42.7 Å². The molecule has 1 saturated heterocycles. The minimum absolute atomic E-state index is 0.0184. The number of hydrogen-bond acceptors (Lipinski definition) is 6. The van der Waals surface area contributed by atoms with E-state index in [0.717, 1.165) is 63.1 Å². The third kappa shape index (κ3) is 5.82. The number of aryl methyl sites for hydroxylation is 1. The molecule has 0 saturated carbocycles. The van der Waals surface area contributed by atoms with E-state index < -0.39 is 0 Å². The van der Waals surface area contributed by atoms with Crippen LogP contribution in [0, 0.1) is 11.8 Å². The van der Waals surface area contributed by atoms with E-state index in [0.29, 0.717) is 24.2 Å². The highest BCUT2D eigenvalue weighted by molar-refractivity contribution is 5.95. The molecule has 0 spiro atoms. The molecule has 1 amide bonds. The Bertz CT molecular complexity index is 1050. The number of amides is 1. The second kappa shape index (κ2) is 11.6. The average Bonchev–Trinajstić information content (AvgIpc) is 3.48. The largest absolute Gasteiger partial charge is 0.385 e. The highest BCUT2D eigenvalue weighted by Crippen LogP contribution is 2.23. The topological polar surface area (TPSA) is 90.1 Å². The first-order valence-electron chi connectivity index (χ1n) is 12.3. The first-order chi connectivity index (χ1) is 16.6. The van der Waals surface area contributed by atoms with Crippen LogP contribution in [0.3, 0.4) is 0 Å². The number of carbonyl (C=O) groups is 1. The molecule has 1 aliphatic heterocycles. The fourth-order valence-corrected chi connectivity index (χ4v) is 4.87. The van der Waals surface area contributed by atoms with Gasteiger partial charge in [-0.15, -0.1) is 0 Å². The maximum absolute atomic E-state index is 14.0. The summed E-state index contributed by atoms with van der Waals surface area (Å²) in [6, 6.07) is 8.14. The van der Waals surface area contributed by atoms with Crippen LogP contribution < -0.4 is 5.32 Å². The Hall–Kier alpha value is -2.78. The summed E-state index contributed by atoms with van der Waals surface area (Å²) >= 11 is 0. The molecule has 2 atom stereocenters. The number of carbonyl (C=O) groups excluding carboxylic acids is 1. The van der Waals surface area contributed by atoms with Gasteiger partial charge in [-0.3, -0.25) is 9.48 Å². The molecule has 1 unspecified atom stereocenters. The maximum Gasteiger partial charge on any atom is 0.290 e. The van der Waals surface area contributed by atoms with Gasteiger partial charge in [0.1, 0.15) is 12.7 Å². The van der Waals surface area contributed by atoms with Crippen LogP contribution in [0.5, 0.6) is 0 Å². The molecular weight excluding hydrogens is 430 g/mol. The van der Waals surface area contributed by atoms with Crippen molar-refractivity contribution in [2.75, 3.05) is 33.4 Å². The summed E-state index contributed by atoms with van der Waals surface area (Å²) < 4.78 is 9.20. The van der Waals surface area contributed by atoms with Crippen molar-refractivity contribution < 1.29 is 9.53 Å². The number of hydrogen-bond donors (Lipinski definition) is 1. The number of piperidine rings is 1. The Labute approximate surface area is 201 Å². The Balaban J connectivity index is 1.58. The van der Waals surface area contributed by atoms with Gasteiger partial charge < -0.3 is 19.5 Å². The van der Waals surface area contributed by atoms with Crippen LogP contribution in [0.4, 0.5) is 0 Å². The Morgan fingerprint density at radius 1 is 1.26 bits per heavy atom. The predicted molar refractivity (Wildman–Crippen MR) is 132 cm³/mol. The highest BCUT2D eigenvalue weighted by Gasteiger charge is 2.33. The molecule has 34 heavy (non-hydrogen) atoms. The maximum atomic E-state index is 14.0. The number of methoxy groups -OCH3 is 1. The lowest BCUT2D eigenvalue weighted by Crippen LogP contribution is -2.53. The molecule has 4 rings (SSSR count). The number of nitrogens with one attached hydrogen (secondary N) is 1. The van der Waals surface area contributed by atoms with Crippen molar-refractivity contribution in [3.8, 4) is 0 Å². The summed E-state index contributed by atoms with van der Waals surface area (Å²) in [5.41, 5.74) is 1.88. The number of nitrogens with zero attached hydrogens (tertiary/aromatic N) is 6. The number of unbranched alkanes of at least 4 members (excludes halogenated alkanes) is 1. The number of fused-ring (bicyclic) bond motifs is 1. The van der Waals surface area contributed by atoms with Gasteiger partial charge in [-0.2, -0.15) is 5.10 Å². The van der Waals surface area contributed by atoms with Crippen molar-refractivity contribution in [2.45, 2.75) is 52.2 Å². The van der Waals surface area contributed by atoms with E-state index in [9.17, 15) is 4.79 Å². The van der Waals surface area contributed by atoms with Crippen molar-refractivity contribution in [1.82, 2.24) is 34.5 Å². The van der Waals surface area contributed by atoms with Crippen molar-refractivity contribution in [2.24, 2.45) is 11.8 Å². The molecule has 1 fully saturated rings. The number of ether oxygens (including phenoxy) is 1. The zero-order valence-corrected chi connectivity index (χ0v) is 20.6. The van der Waals surface area contributed by atoms with E-state index >= 15 is 0 Å². The summed E-state index contributed by atoms with van der Waals surface area (Å²) in [5.74, 6) is 1.30. The van der Waals surface area contributed by atoms with E-state index in [1.54, 1.807) is 19.8 Å². The number of imidazole rings is 1. The van der Waals surface area contributed by atoms with E-state index in [4.69, 9.17) is 9.72 Å². The molecular formula is C25H37N7O2. The predicted octanol–water partition coefficient (Wildman–Crippen LogP) is 2.83. The molecule has 1 N–H and O–H groups in total. The minimum atomic E-state index is 0.0184. The Kier molecular flexibility index (Phi) is 8.29. The summed E-state index contributed by atoms with van der Waals surface area (Å²) in [7, 11) is 1.72. The van der Waals surface area contributed by atoms with E-state index in [2.05, 4.69) is 44.8 Å². The van der Waals surface area contributed by atoms with Gasteiger partial charge in [0.05, 0.1) is 11.0 Å². The first-order valence-corrected chi connectivity index (χ1v) is 12.3. The number of benzene rings is 1. The standard InChI is InChI=1S/C25H37N7O2/c1-19(2)15-32(21-12-20(13-26-14-21)16-30-18-27-17-28-30)25(33)24-29-22-8-4-5-9-23(22)31(24)10-6-7-11-34-3/h4-5,8-9,17-21,26H,6-7,10-16H2,1-3H3/t20-,21?/m1/s1. The van der Waals surface area contributed by atoms with Crippen molar-refractivity contribution in [1.29, 1.82) is 0 Å². The van der Waals surface area contributed by atoms with Gasteiger partial charge in [0.25, 0.3) is 5.91 Å². The third-order valence-electron chi connectivity index (χ3n) is 6.42. The van der Waals surface area contributed by atoms with Crippen molar-refractivity contribution >= 4 is 16.9 Å². The smallest absolute Gasteiger partial charge is 0.290 e.